The van der Waals surface area contributed by atoms with Gasteiger partial charge in [-0.1, -0.05) is 0 Å². The van der Waals surface area contributed by atoms with Gasteiger partial charge in [-0.2, -0.15) is 0 Å². The lowest BCUT2D eigenvalue weighted by molar-refractivity contribution is -0.109. The molecule has 4 heteroatoms. The van der Waals surface area contributed by atoms with Gasteiger partial charge < -0.3 is 9.47 Å². The molecule has 0 aliphatic heterocycles. The SMILES string of the molecule is CC(C)(C)OC(=O)c1ccc(OCC=O)cc1. The molecule has 0 fully saturated rings. The lowest BCUT2D eigenvalue weighted by atomic mass is 10.1. The van der Waals surface area contributed by atoms with Crippen LogP contribution in [-0.4, -0.2) is 24.5 Å². The monoisotopic (exact) mass is 236 g/mol. The number of ether oxygens (including phenoxy) is 2. The standard InChI is InChI=1S/C13H16O4/c1-13(2,3)17-12(15)10-4-6-11(7-5-10)16-9-8-14/h4-8H,9H2,1-3H3. The second-order valence-electron chi connectivity index (χ2n) is 4.50. The van der Waals surface area contributed by atoms with E-state index in [4.69, 9.17) is 9.47 Å². The number of aldehydes is 1. The van der Waals surface area contributed by atoms with E-state index in [2.05, 4.69) is 0 Å². The van der Waals surface area contributed by atoms with Gasteiger partial charge in [0.15, 0.2) is 6.29 Å². The zero-order valence-corrected chi connectivity index (χ0v) is 10.2. The fraction of sp³-hybridized carbons (Fsp3) is 0.385. The van der Waals surface area contributed by atoms with Crippen LogP contribution in [0.2, 0.25) is 0 Å². The molecule has 0 heterocycles. The smallest absolute Gasteiger partial charge is 0.338 e. The van der Waals surface area contributed by atoms with Gasteiger partial charge in [-0.05, 0) is 45.0 Å². The summed E-state index contributed by atoms with van der Waals surface area (Å²) in [5.74, 6) is 0.170. The minimum atomic E-state index is -0.510. The molecule has 0 bridgehead atoms. The van der Waals surface area contributed by atoms with Crippen molar-refractivity contribution in [3.05, 3.63) is 29.8 Å². The van der Waals surface area contributed by atoms with Crippen LogP contribution in [0.15, 0.2) is 24.3 Å². The van der Waals surface area contributed by atoms with E-state index in [1.165, 1.54) is 0 Å². The van der Waals surface area contributed by atoms with Crippen molar-refractivity contribution in [3.63, 3.8) is 0 Å². The third-order valence-corrected chi connectivity index (χ3v) is 1.81. The third-order valence-electron chi connectivity index (χ3n) is 1.81. The van der Waals surface area contributed by atoms with Crippen LogP contribution < -0.4 is 4.74 Å². The first kappa shape index (κ1) is 13.2. The maximum absolute atomic E-state index is 11.7. The molecular weight excluding hydrogens is 220 g/mol. The quantitative estimate of drug-likeness (QED) is 0.594. The Morgan fingerprint density at radius 3 is 2.29 bits per heavy atom. The first-order valence-electron chi connectivity index (χ1n) is 5.32. The number of hydrogen-bond acceptors (Lipinski definition) is 4. The van der Waals surface area contributed by atoms with Crippen molar-refractivity contribution in [2.45, 2.75) is 26.4 Å². The van der Waals surface area contributed by atoms with Crippen LogP contribution in [0.25, 0.3) is 0 Å². The molecule has 92 valence electrons. The zero-order chi connectivity index (χ0) is 12.9. The van der Waals surface area contributed by atoms with Crippen LogP contribution in [0.5, 0.6) is 5.75 Å². The summed E-state index contributed by atoms with van der Waals surface area (Å²) < 4.78 is 10.3. The number of benzene rings is 1. The van der Waals surface area contributed by atoms with Crippen LogP contribution in [0.4, 0.5) is 0 Å². The van der Waals surface area contributed by atoms with Crippen LogP contribution in [-0.2, 0) is 9.53 Å². The van der Waals surface area contributed by atoms with Crippen molar-refractivity contribution in [2.24, 2.45) is 0 Å². The Balaban J connectivity index is 2.67. The molecule has 0 aromatic heterocycles. The highest BCUT2D eigenvalue weighted by Crippen LogP contribution is 2.15. The van der Waals surface area contributed by atoms with E-state index in [-0.39, 0.29) is 12.6 Å². The molecule has 0 spiro atoms. The van der Waals surface area contributed by atoms with Gasteiger partial charge in [0.1, 0.15) is 18.0 Å². The molecule has 0 unspecified atom stereocenters. The molecule has 4 nitrogen and oxygen atoms in total. The summed E-state index contributed by atoms with van der Waals surface area (Å²) in [4.78, 5) is 21.8. The van der Waals surface area contributed by atoms with Gasteiger partial charge in [0.2, 0.25) is 0 Å². The number of hydrogen-bond donors (Lipinski definition) is 0. The molecule has 0 saturated heterocycles. The maximum atomic E-state index is 11.7. The molecule has 0 amide bonds. The molecule has 0 radical (unpaired) electrons. The van der Waals surface area contributed by atoms with E-state index >= 15 is 0 Å². The zero-order valence-electron chi connectivity index (χ0n) is 10.2. The van der Waals surface area contributed by atoms with Gasteiger partial charge in [-0.25, -0.2) is 4.79 Å². The first-order chi connectivity index (χ1) is 7.92. The van der Waals surface area contributed by atoms with Crippen molar-refractivity contribution in [1.29, 1.82) is 0 Å². The summed E-state index contributed by atoms with van der Waals surface area (Å²) in [6, 6.07) is 6.47. The van der Waals surface area contributed by atoms with E-state index < -0.39 is 5.60 Å². The Hall–Kier alpha value is -1.84. The van der Waals surface area contributed by atoms with Gasteiger partial charge in [0, 0.05) is 0 Å². The van der Waals surface area contributed by atoms with Gasteiger partial charge >= 0.3 is 5.97 Å². The minimum Gasteiger partial charge on any atom is -0.486 e. The predicted molar refractivity (Wildman–Crippen MR) is 63.2 cm³/mol. The molecule has 0 saturated carbocycles. The number of carbonyl (C=O) groups excluding carboxylic acids is 2. The van der Waals surface area contributed by atoms with Crippen molar-refractivity contribution in [3.8, 4) is 5.75 Å². The van der Waals surface area contributed by atoms with E-state index in [0.29, 0.717) is 17.6 Å². The molecule has 1 aromatic carbocycles. The van der Waals surface area contributed by atoms with Crippen molar-refractivity contribution < 1.29 is 19.1 Å². The summed E-state index contributed by atoms with van der Waals surface area (Å²) >= 11 is 0. The molecule has 0 aliphatic rings. The Morgan fingerprint density at radius 2 is 1.82 bits per heavy atom. The molecule has 1 rings (SSSR count). The van der Waals surface area contributed by atoms with E-state index in [1.807, 2.05) is 20.8 Å². The molecule has 0 aliphatic carbocycles. The van der Waals surface area contributed by atoms with Crippen molar-refractivity contribution in [2.75, 3.05) is 6.61 Å². The fourth-order valence-corrected chi connectivity index (χ4v) is 1.15. The number of rotatable bonds is 4. The van der Waals surface area contributed by atoms with Gasteiger partial charge in [-0.3, -0.25) is 4.79 Å². The Bertz CT molecular complexity index is 387. The second-order valence-corrected chi connectivity index (χ2v) is 4.50. The Morgan fingerprint density at radius 1 is 1.24 bits per heavy atom. The highest BCUT2D eigenvalue weighted by Gasteiger charge is 2.17. The summed E-state index contributed by atoms with van der Waals surface area (Å²) in [6.45, 7) is 5.44. The normalized spacial score (nSPS) is 10.8. The number of esters is 1. The minimum absolute atomic E-state index is 0.00574. The van der Waals surface area contributed by atoms with Crippen LogP contribution >= 0.6 is 0 Å². The third kappa shape index (κ3) is 4.68. The average molecular weight is 236 g/mol. The summed E-state index contributed by atoms with van der Waals surface area (Å²) in [6.07, 6.45) is 0.668. The topological polar surface area (TPSA) is 52.6 Å². The fourth-order valence-electron chi connectivity index (χ4n) is 1.15. The predicted octanol–water partition coefficient (Wildman–Crippen LogP) is 2.22. The molecule has 1 aromatic rings. The highest BCUT2D eigenvalue weighted by atomic mass is 16.6. The molecule has 0 atom stereocenters. The molecule has 0 N–H and O–H groups in total. The first-order valence-corrected chi connectivity index (χ1v) is 5.32. The Labute approximate surface area is 101 Å². The van der Waals surface area contributed by atoms with Gasteiger partial charge in [-0.15, -0.1) is 0 Å². The van der Waals surface area contributed by atoms with E-state index in [0.717, 1.165) is 0 Å². The summed E-state index contributed by atoms with van der Waals surface area (Å²) in [7, 11) is 0. The summed E-state index contributed by atoms with van der Waals surface area (Å²) in [5, 5.41) is 0. The van der Waals surface area contributed by atoms with E-state index in [1.54, 1.807) is 24.3 Å². The highest BCUT2D eigenvalue weighted by molar-refractivity contribution is 5.89. The average Bonchev–Trinajstić information content (AvgIpc) is 2.24. The lowest BCUT2D eigenvalue weighted by Gasteiger charge is -2.19. The van der Waals surface area contributed by atoms with Crippen LogP contribution in [0, 0.1) is 0 Å². The molecule has 17 heavy (non-hydrogen) atoms. The van der Waals surface area contributed by atoms with E-state index in [9.17, 15) is 9.59 Å². The largest absolute Gasteiger partial charge is 0.486 e. The number of carbonyl (C=O) groups is 2. The van der Waals surface area contributed by atoms with Crippen LogP contribution in [0.1, 0.15) is 31.1 Å². The maximum Gasteiger partial charge on any atom is 0.338 e. The molecular formula is C13H16O4. The van der Waals surface area contributed by atoms with Crippen molar-refractivity contribution in [1.82, 2.24) is 0 Å². The van der Waals surface area contributed by atoms with Gasteiger partial charge in [0.05, 0.1) is 5.56 Å². The second kappa shape index (κ2) is 5.48. The Kier molecular flexibility index (Phi) is 4.26. The van der Waals surface area contributed by atoms with Gasteiger partial charge in [0.25, 0.3) is 0 Å². The van der Waals surface area contributed by atoms with Crippen LogP contribution in [0.3, 0.4) is 0 Å². The summed E-state index contributed by atoms with van der Waals surface area (Å²) in [5.41, 5.74) is -0.0533. The lowest BCUT2D eigenvalue weighted by Crippen LogP contribution is -2.23. The van der Waals surface area contributed by atoms with Crippen molar-refractivity contribution >= 4 is 12.3 Å².